The van der Waals surface area contributed by atoms with Crippen molar-refractivity contribution in [1.29, 1.82) is 0 Å². The lowest BCUT2D eigenvalue weighted by atomic mass is 9.82. The van der Waals surface area contributed by atoms with Crippen LogP contribution in [-0.4, -0.2) is 31.1 Å². The molecule has 1 aliphatic carbocycles. The highest BCUT2D eigenvalue weighted by molar-refractivity contribution is 5.93. The average molecular weight is 489 g/mol. The second-order valence-electron chi connectivity index (χ2n) is 10.3. The number of halogens is 1. The first kappa shape index (κ1) is 24.5. The van der Waals surface area contributed by atoms with Gasteiger partial charge in [0.05, 0.1) is 17.8 Å². The number of pyridine rings is 1. The Hall–Kier alpha value is -3.22. The summed E-state index contributed by atoms with van der Waals surface area (Å²) < 4.78 is 18.4. The number of hydrogen-bond donors (Lipinski definition) is 1. The summed E-state index contributed by atoms with van der Waals surface area (Å²) in [5.41, 5.74) is 3.93. The van der Waals surface area contributed by atoms with E-state index in [2.05, 4.69) is 53.1 Å². The number of anilines is 1. The first-order chi connectivity index (χ1) is 17.6. The Labute approximate surface area is 212 Å². The van der Waals surface area contributed by atoms with E-state index in [1.165, 1.54) is 0 Å². The molecule has 4 aromatic rings. The second kappa shape index (κ2) is 10.8. The first-order valence-corrected chi connectivity index (χ1v) is 13.4. The molecule has 0 aliphatic heterocycles. The zero-order valence-corrected chi connectivity index (χ0v) is 21.6. The van der Waals surface area contributed by atoms with E-state index in [9.17, 15) is 4.39 Å². The fraction of sp³-hybridized carbons (Fsp3) is 0.483. The smallest absolute Gasteiger partial charge is 0.128 e. The molecule has 1 unspecified atom stereocenters. The summed E-state index contributed by atoms with van der Waals surface area (Å²) in [7, 11) is 0. The molecule has 1 atom stereocenters. The van der Waals surface area contributed by atoms with Gasteiger partial charge in [-0.25, -0.2) is 9.37 Å². The highest BCUT2D eigenvalue weighted by atomic mass is 19.1. The topological polar surface area (TPSA) is 60.6 Å². The molecule has 7 heteroatoms. The second-order valence-corrected chi connectivity index (χ2v) is 10.3. The molecule has 0 amide bonds. The van der Waals surface area contributed by atoms with E-state index in [-0.39, 0.29) is 5.82 Å². The fourth-order valence-corrected chi connectivity index (χ4v) is 5.40. The van der Waals surface area contributed by atoms with E-state index < -0.39 is 0 Å². The molecule has 1 saturated carbocycles. The molecule has 1 aromatic carbocycles. The zero-order valence-electron chi connectivity index (χ0n) is 21.6. The van der Waals surface area contributed by atoms with Crippen LogP contribution in [0.15, 0.2) is 48.9 Å². The largest absolute Gasteiger partial charge is 0.370 e. The van der Waals surface area contributed by atoms with Crippen molar-refractivity contribution >= 4 is 16.7 Å². The Balaban J connectivity index is 1.41. The number of aromatic nitrogens is 5. The van der Waals surface area contributed by atoms with Crippen LogP contribution in [0, 0.1) is 17.7 Å². The quantitative estimate of drug-likeness (QED) is 0.279. The van der Waals surface area contributed by atoms with Crippen molar-refractivity contribution in [3.63, 3.8) is 0 Å². The van der Waals surface area contributed by atoms with Gasteiger partial charge in [0, 0.05) is 42.5 Å². The van der Waals surface area contributed by atoms with Crippen LogP contribution >= 0.6 is 0 Å². The zero-order chi connectivity index (χ0) is 25.1. The van der Waals surface area contributed by atoms with Crippen molar-refractivity contribution in [2.75, 3.05) is 11.9 Å². The molecule has 1 fully saturated rings. The highest BCUT2D eigenvalue weighted by Crippen LogP contribution is 2.38. The minimum Gasteiger partial charge on any atom is -0.370 e. The van der Waals surface area contributed by atoms with Crippen LogP contribution in [0.3, 0.4) is 0 Å². The van der Waals surface area contributed by atoms with Crippen molar-refractivity contribution in [2.45, 2.75) is 71.9 Å². The van der Waals surface area contributed by atoms with Gasteiger partial charge in [-0.3, -0.25) is 9.36 Å². The lowest BCUT2D eigenvalue weighted by Gasteiger charge is -2.29. The van der Waals surface area contributed by atoms with E-state index in [1.54, 1.807) is 12.1 Å². The Kier molecular flexibility index (Phi) is 7.35. The van der Waals surface area contributed by atoms with Crippen LogP contribution in [0.4, 0.5) is 10.2 Å². The van der Waals surface area contributed by atoms with Crippen molar-refractivity contribution in [2.24, 2.45) is 11.8 Å². The summed E-state index contributed by atoms with van der Waals surface area (Å²) in [6.07, 6.45) is 12.2. The molecule has 0 radical (unpaired) electrons. The molecule has 3 aromatic heterocycles. The molecule has 1 N–H and O–H groups in total. The molecule has 190 valence electrons. The molecule has 5 rings (SSSR count). The summed E-state index contributed by atoms with van der Waals surface area (Å²) in [4.78, 5) is 4.65. The van der Waals surface area contributed by atoms with E-state index >= 15 is 0 Å². The summed E-state index contributed by atoms with van der Waals surface area (Å²) >= 11 is 0. The highest BCUT2D eigenvalue weighted by Gasteiger charge is 2.27. The van der Waals surface area contributed by atoms with Gasteiger partial charge in [0.2, 0.25) is 0 Å². The van der Waals surface area contributed by atoms with Crippen LogP contribution < -0.4 is 5.32 Å². The predicted molar refractivity (Wildman–Crippen MR) is 143 cm³/mol. The molecule has 0 spiro atoms. The van der Waals surface area contributed by atoms with Crippen LogP contribution in [0.5, 0.6) is 0 Å². The molecule has 0 bridgehead atoms. The molecule has 36 heavy (non-hydrogen) atoms. The summed E-state index contributed by atoms with van der Waals surface area (Å²) in [6, 6.07) is 9.64. The Morgan fingerprint density at radius 1 is 1.11 bits per heavy atom. The third kappa shape index (κ3) is 5.15. The fourth-order valence-electron chi connectivity index (χ4n) is 5.40. The maximum absolute atomic E-state index is 14.2. The van der Waals surface area contributed by atoms with Gasteiger partial charge in [0.15, 0.2) is 0 Å². The van der Waals surface area contributed by atoms with Gasteiger partial charge < -0.3 is 5.32 Å². The van der Waals surface area contributed by atoms with Crippen LogP contribution in [0.2, 0.25) is 0 Å². The third-order valence-electron chi connectivity index (χ3n) is 7.68. The summed E-state index contributed by atoms with van der Waals surface area (Å²) in [5, 5.41) is 14.2. The summed E-state index contributed by atoms with van der Waals surface area (Å²) in [6.45, 7) is 8.27. The van der Waals surface area contributed by atoms with Gasteiger partial charge >= 0.3 is 0 Å². The Morgan fingerprint density at radius 3 is 2.67 bits per heavy atom. The van der Waals surface area contributed by atoms with E-state index in [4.69, 9.17) is 5.10 Å². The summed E-state index contributed by atoms with van der Waals surface area (Å²) in [5.74, 6) is 1.88. The monoisotopic (exact) mass is 488 g/mol. The van der Waals surface area contributed by atoms with Crippen LogP contribution in [0.1, 0.15) is 64.5 Å². The van der Waals surface area contributed by atoms with Crippen molar-refractivity contribution in [1.82, 2.24) is 24.5 Å². The first-order valence-electron chi connectivity index (χ1n) is 13.4. The van der Waals surface area contributed by atoms with Crippen LogP contribution in [-0.2, 0) is 13.0 Å². The van der Waals surface area contributed by atoms with Crippen molar-refractivity contribution in [3.05, 3.63) is 60.3 Å². The number of hydrogen-bond acceptors (Lipinski definition) is 4. The van der Waals surface area contributed by atoms with Crippen molar-refractivity contribution in [3.8, 4) is 11.3 Å². The van der Waals surface area contributed by atoms with Gasteiger partial charge in [0.1, 0.15) is 17.3 Å². The normalized spacial score (nSPS) is 19.0. The van der Waals surface area contributed by atoms with E-state index in [0.29, 0.717) is 17.9 Å². The maximum atomic E-state index is 14.2. The molecular weight excluding hydrogens is 451 g/mol. The minimum absolute atomic E-state index is 0.0836. The Morgan fingerprint density at radius 2 is 1.92 bits per heavy atom. The average Bonchev–Trinajstić information content (AvgIpc) is 3.50. The van der Waals surface area contributed by atoms with Gasteiger partial charge in [-0.05, 0) is 62.5 Å². The van der Waals surface area contributed by atoms with Crippen molar-refractivity contribution < 1.29 is 4.39 Å². The van der Waals surface area contributed by atoms with Gasteiger partial charge in [-0.15, -0.1) is 0 Å². The number of fused-ring (bicyclic) bond motifs is 1. The molecular formula is C29H37FN6. The number of benzene rings is 1. The SMILES string of the molecule is CCNc1cc2c(cn1)c(-c1cnn(CC(C)CC)c1)nn2C1CCC(Cc2ccccc2F)CC1. The molecule has 3 heterocycles. The van der Waals surface area contributed by atoms with E-state index in [1.807, 2.05) is 29.2 Å². The predicted octanol–water partition coefficient (Wildman–Crippen LogP) is 6.89. The molecule has 6 nitrogen and oxygen atoms in total. The maximum Gasteiger partial charge on any atom is 0.128 e. The third-order valence-corrected chi connectivity index (χ3v) is 7.68. The van der Waals surface area contributed by atoms with Gasteiger partial charge in [0.25, 0.3) is 0 Å². The Bertz CT molecular complexity index is 1300. The van der Waals surface area contributed by atoms with Gasteiger partial charge in [-0.1, -0.05) is 38.5 Å². The minimum atomic E-state index is -0.0836. The number of nitrogens with zero attached hydrogens (tertiary/aromatic N) is 5. The van der Waals surface area contributed by atoms with Crippen LogP contribution in [0.25, 0.3) is 22.2 Å². The number of nitrogens with one attached hydrogen (secondary N) is 1. The molecule has 0 saturated heterocycles. The lowest BCUT2D eigenvalue weighted by Crippen LogP contribution is -2.20. The molecule has 1 aliphatic rings. The van der Waals surface area contributed by atoms with E-state index in [0.717, 1.165) is 85.2 Å². The standard InChI is InChI=1S/C29H37FN6/c1-4-20(3)18-35-19-23(16-33-35)29-25-17-32-28(31-5-2)15-27(25)36(34-29)24-12-10-21(11-13-24)14-22-8-6-7-9-26(22)30/h6-9,15-17,19-21,24H,4-5,10-14,18H2,1-3H3,(H,31,32). The van der Waals surface area contributed by atoms with Gasteiger partial charge in [-0.2, -0.15) is 10.2 Å². The lowest BCUT2D eigenvalue weighted by molar-refractivity contribution is 0.263. The number of rotatable bonds is 9.